The SMILES string of the molecule is CCN1C(=O)C(CC(=O)Nc2ccccc2F)SC1=Nc1ccc(Cl)cn1. The van der Waals surface area contributed by atoms with Crippen LogP contribution in [0.5, 0.6) is 0 Å². The lowest BCUT2D eigenvalue weighted by atomic mass is 10.2. The average Bonchev–Trinajstić information content (AvgIpc) is 2.93. The minimum atomic E-state index is -0.622. The van der Waals surface area contributed by atoms with Crippen LogP contribution in [0, 0.1) is 5.82 Å². The summed E-state index contributed by atoms with van der Waals surface area (Å²) in [5.41, 5.74) is 0.0875. The molecule has 1 aliphatic rings. The molecule has 0 spiro atoms. The first-order valence-corrected chi connectivity index (χ1v) is 9.46. The molecule has 1 N–H and O–H groups in total. The molecule has 140 valence electrons. The van der Waals surface area contributed by atoms with Gasteiger partial charge in [-0.2, -0.15) is 0 Å². The molecule has 0 bridgehead atoms. The fourth-order valence-electron chi connectivity index (χ4n) is 2.48. The van der Waals surface area contributed by atoms with Crippen molar-refractivity contribution in [2.75, 3.05) is 11.9 Å². The summed E-state index contributed by atoms with van der Waals surface area (Å²) in [6.45, 7) is 2.24. The standard InChI is InChI=1S/C18H16ClFN4O2S/c1-2-24-17(26)14(9-16(25)22-13-6-4-3-5-12(13)20)27-18(24)23-15-8-7-11(19)10-21-15/h3-8,10,14H,2,9H2,1H3,(H,22,25). The number of aromatic nitrogens is 1. The van der Waals surface area contributed by atoms with Gasteiger partial charge in [-0.1, -0.05) is 35.5 Å². The number of hydrogen-bond acceptors (Lipinski definition) is 5. The molecule has 1 aliphatic heterocycles. The first-order valence-electron chi connectivity index (χ1n) is 8.20. The van der Waals surface area contributed by atoms with Crippen molar-refractivity contribution in [2.24, 2.45) is 4.99 Å². The fourth-order valence-corrected chi connectivity index (χ4v) is 3.80. The molecule has 1 aromatic heterocycles. The van der Waals surface area contributed by atoms with Gasteiger partial charge in [-0.05, 0) is 31.2 Å². The van der Waals surface area contributed by atoms with Crippen molar-refractivity contribution >= 4 is 51.9 Å². The zero-order valence-electron chi connectivity index (χ0n) is 14.4. The van der Waals surface area contributed by atoms with Gasteiger partial charge in [0.15, 0.2) is 11.0 Å². The molecule has 27 heavy (non-hydrogen) atoms. The number of para-hydroxylation sites is 1. The van der Waals surface area contributed by atoms with Gasteiger partial charge in [-0.3, -0.25) is 14.5 Å². The van der Waals surface area contributed by atoms with Gasteiger partial charge in [0.25, 0.3) is 0 Å². The first kappa shape index (κ1) is 19.3. The van der Waals surface area contributed by atoms with E-state index in [2.05, 4.69) is 15.3 Å². The van der Waals surface area contributed by atoms with Gasteiger partial charge in [0, 0.05) is 19.2 Å². The molecule has 2 heterocycles. The number of amidine groups is 1. The Morgan fingerprint density at radius 3 is 2.81 bits per heavy atom. The molecule has 6 nitrogen and oxygen atoms in total. The number of thioether (sulfide) groups is 1. The van der Waals surface area contributed by atoms with Crippen LogP contribution in [0.25, 0.3) is 0 Å². The lowest BCUT2D eigenvalue weighted by molar-refractivity contribution is -0.128. The number of benzene rings is 1. The molecule has 1 aromatic carbocycles. The predicted molar refractivity (Wildman–Crippen MR) is 105 cm³/mol. The predicted octanol–water partition coefficient (Wildman–Crippen LogP) is 3.85. The molecule has 1 saturated heterocycles. The highest BCUT2D eigenvalue weighted by atomic mass is 35.5. The van der Waals surface area contributed by atoms with Crippen LogP contribution in [-0.2, 0) is 9.59 Å². The Kier molecular flexibility index (Phi) is 6.08. The highest BCUT2D eigenvalue weighted by Gasteiger charge is 2.38. The van der Waals surface area contributed by atoms with E-state index in [0.29, 0.717) is 22.6 Å². The molecule has 3 rings (SSSR count). The van der Waals surface area contributed by atoms with Crippen LogP contribution in [0.2, 0.25) is 5.02 Å². The molecule has 1 unspecified atom stereocenters. The third-order valence-electron chi connectivity index (χ3n) is 3.78. The van der Waals surface area contributed by atoms with Crippen LogP contribution in [0.1, 0.15) is 13.3 Å². The van der Waals surface area contributed by atoms with E-state index in [0.717, 1.165) is 0 Å². The van der Waals surface area contributed by atoms with E-state index < -0.39 is 17.0 Å². The molecule has 1 atom stereocenters. The van der Waals surface area contributed by atoms with Crippen molar-refractivity contribution in [3.05, 3.63) is 53.4 Å². The number of nitrogens with zero attached hydrogens (tertiary/aromatic N) is 3. The minimum absolute atomic E-state index is 0.0819. The summed E-state index contributed by atoms with van der Waals surface area (Å²) in [7, 11) is 0. The van der Waals surface area contributed by atoms with Gasteiger partial charge >= 0.3 is 0 Å². The highest BCUT2D eigenvalue weighted by molar-refractivity contribution is 8.15. The van der Waals surface area contributed by atoms with E-state index >= 15 is 0 Å². The topological polar surface area (TPSA) is 74.7 Å². The Balaban J connectivity index is 1.71. The van der Waals surface area contributed by atoms with Crippen LogP contribution in [0.4, 0.5) is 15.9 Å². The van der Waals surface area contributed by atoms with Crippen molar-refractivity contribution in [3.63, 3.8) is 0 Å². The molecule has 0 radical (unpaired) electrons. The fraction of sp³-hybridized carbons (Fsp3) is 0.222. The van der Waals surface area contributed by atoms with Gasteiger partial charge in [-0.15, -0.1) is 0 Å². The van der Waals surface area contributed by atoms with E-state index in [9.17, 15) is 14.0 Å². The third kappa shape index (κ3) is 4.64. The number of pyridine rings is 1. The Morgan fingerprint density at radius 1 is 1.37 bits per heavy atom. The van der Waals surface area contributed by atoms with Crippen LogP contribution in [-0.4, -0.2) is 38.7 Å². The summed E-state index contributed by atoms with van der Waals surface area (Å²) >= 11 is 7.01. The van der Waals surface area contributed by atoms with Gasteiger partial charge in [-0.25, -0.2) is 14.4 Å². The van der Waals surface area contributed by atoms with E-state index in [-0.39, 0.29) is 18.0 Å². The van der Waals surface area contributed by atoms with Crippen LogP contribution in [0.15, 0.2) is 47.6 Å². The highest BCUT2D eigenvalue weighted by Crippen LogP contribution is 2.31. The van der Waals surface area contributed by atoms with Crippen LogP contribution in [0.3, 0.4) is 0 Å². The Labute approximate surface area is 164 Å². The number of halogens is 2. The summed E-state index contributed by atoms with van der Waals surface area (Å²) in [4.78, 5) is 34.8. The molecule has 9 heteroatoms. The summed E-state index contributed by atoms with van der Waals surface area (Å²) in [5, 5.41) is 2.84. The summed E-state index contributed by atoms with van der Waals surface area (Å²) in [5.74, 6) is -0.751. The van der Waals surface area contributed by atoms with Crippen molar-refractivity contribution in [1.29, 1.82) is 0 Å². The second-order valence-electron chi connectivity index (χ2n) is 5.65. The molecule has 2 aromatic rings. The number of hydrogen-bond donors (Lipinski definition) is 1. The Hall–Kier alpha value is -2.45. The third-order valence-corrected chi connectivity index (χ3v) is 5.18. The van der Waals surface area contributed by atoms with E-state index in [1.807, 2.05) is 6.92 Å². The van der Waals surface area contributed by atoms with E-state index in [1.165, 1.54) is 41.1 Å². The number of nitrogens with one attached hydrogen (secondary N) is 1. The Bertz CT molecular complexity index is 891. The Morgan fingerprint density at radius 2 is 2.15 bits per heavy atom. The van der Waals surface area contributed by atoms with Crippen molar-refractivity contribution in [1.82, 2.24) is 9.88 Å². The van der Waals surface area contributed by atoms with Crippen LogP contribution >= 0.6 is 23.4 Å². The number of rotatable bonds is 5. The second-order valence-corrected chi connectivity index (χ2v) is 7.26. The molecular weight excluding hydrogens is 391 g/mol. The zero-order valence-corrected chi connectivity index (χ0v) is 15.9. The summed E-state index contributed by atoms with van der Waals surface area (Å²) in [6.07, 6.45) is 1.39. The smallest absolute Gasteiger partial charge is 0.242 e. The lowest BCUT2D eigenvalue weighted by Gasteiger charge is -2.13. The molecule has 2 amide bonds. The monoisotopic (exact) mass is 406 g/mol. The van der Waals surface area contributed by atoms with Crippen molar-refractivity contribution in [3.8, 4) is 0 Å². The van der Waals surface area contributed by atoms with Crippen LogP contribution < -0.4 is 5.32 Å². The molecule has 0 aliphatic carbocycles. The van der Waals surface area contributed by atoms with E-state index in [1.54, 1.807) is 18.2 Å². The van der Waals surface area contributed by atoms with Crippen molar-refractivity contribution < 1.29 is 14.0 Å². The number of carbonyl (C=O) groups excluding carboxylic acids is 2. The van der Waals surface area contributed by atoms with Gasteiger partial charge in [0.1, 0.15) is 11.1 Å². The maximum atomic E-state index is 13.7. The minimum Gasteiger partial charge on any atom is -0.324 e. The number of anilines is 1. The normalized spacial score (nSPS) is 18.2. The van der Waals surface area contributed by atoms with Gasteiger partial charge in [0.05, 0.1) is 10.7 Å². The maximum Gasteiger partial charge on any atom is 0.242 e. The van der Waals surface area contributed by atoms with Gasteiger partial charge in [0.2, 0.25) is 11.8 Å². The first-order chi connectivity index (χ1) is 13.0. The zero-order chi connectivity index (χ0) is 19.4. The van der Waals surface area contributed by atoms with E-state index in [4.69, 9.17) is 11.6 Å². The largest absolute Gasteiger partial charge is 0.324 e. The maximum absolute atomic E-state index is 13.7. The van der Waals surface area contributed by atoms with Gasteiger partial charge < -0.3 is 5.32 Å². The number of amides is 2. The van der Waals surface area contributed by atoms with Crippen molar-refractivity contribution in [2.45, 2.75) is 18.6 Å². The number of carbonyl (C=O) groups is 2. The second kappa shape index (κ2) is 8.49. The molecule has 1 fully saturated rings. The quantitative estimate of drug-likeness (QED) is 0.818. The summed E-state index contributed by atoms with van der Waals surface area (Å²) < 4.78 is 13.7. The molecule has 0 saturated carbocycles. The summed E-state index contributed by atoms with van der Waals surface area (Å²) in [6, 6.07) is 9.18. The lowest BCUT2D eigenvalue weighted by Crippen LogP contribution is -2.33. The number of aliphatic imine (C=N–C) groups is 1. The average molecular weight is 407 g/mol. The molecular formula is C18H16ClFN4O2S.